The summed E-state index contributed by atoms with van der Waals surface area (Å²) in [6, 6.07) is 21.3. The molecule has 4 aromatic rings. The van der Waals surface area contributed by atoms with Crippen LogP contribution in [0.25, 0.3) is 11.8 Å². The van der Waals surface area contributed by atoms with Crippen molar-refractivity contribution in [1.29, 1.82) is 0 Å². The number of nitrogens with one attached hydrogen (secondary N) is 5. The number of unbranched alkanes of at least 4 members (excludes halogenated alkanes) is 1. The van der Waals surface area contributed by atoms with E-state index in [0.29, 0.717) is 82.2 Å². The van der Waals surface area contributed by atoms with Gasteiger partial charge in [0, 0.05) is 41.3 Å². The molecule has 5 aliphatic carbocycles. The van der Waals surface area contributed by atoms with Gasteiger partial charge in [0.05, 0.1) is 12.1 Å². The Kier molecular flexibility index (Phi) is 20.0. The number of anilines is 1. The zero-order chi connectivity index (χ0) is 56.3. The van der Waals surface area contributed by atoms with Gasteiger partial charge in [-0.2, -0.15) is 0 Å². The standard InChI is InChI=1S/C62H74Cl2N6O9/c1-35(2)25-51(60(75)67-48-20-14-38(15-21-48)34-79-57-41(17-23-53(72)73)16-22-49(55(57)64)58(78-4)54-44-27-39-26-40(29-44)30-45(54)28-39)69-59(74)50(11-7-8-24-65)68-61(76)52(31-37-12-18-47(63)19-13-37)70-62(77)56(66-36(3)71)46-32-42-9-5-6-10-43(42)33-46/h5-6,9-10,12-23,35,39-40,44-46,50-52,56H,7-8,11,24-34,65H2,1-4H3,(H,66,71)(H,67,75)(H,68,76)(H,69,74)(H,70,77)(H,72,73)/b23-17+,58-54?/t39?,40?,44?,45?,50?,51?,52-,56+/m1/s1. The summed E-state index contributed by atoms with van der Waals surface area (Å²) < 4.78 is 12.6. The number of halogens is 2. The van der Waals surface area contributed by atoms with Crippen molar-refractivity contribution in [1.82, 2.24) is 21.3 Å². The predicted octanol–water partition coefficient (Wildman–Crippen LogP) is 9.21. The average molecular weight is 1120 g/mol. The molecule has 2 unspecified atom stereocenters. The van der Waals surface area contributed by atoms with Gasteiger partial charge in [0.2, 0.25) is 29.5 Å². The smallest absolute Gasteiger partial charge is 0.328 e. The molecule has 420 valence electrons. The quantitative estimate of drug-likeness (QED) is 0.0189. The first-order valence-corrected chi connectivity index (χ1v) is 28.5. The van der Waals surface area contributed by atoms with Gasteiger partial charge in [0.15, 0.2) is 0 Å². The SMILES string of the molecule is COC(=C1C2CC3CC(C2)CC1C3)c1ccc(/C=C/C(=O)O)c(OCc2ccc(NC(=O)C(CC(C)C)NC(=O)C(CCCCN)NC(=O)[C@@H](Cc3ccc(Cl)cc3)NC(=O)[C@@H](NC(C)=O)C3Cc4ccccc4C3)cc2)c1Cl. The number of hydrogen-bond donors (Lipinski definition) is 7. The Labute approximate surface area is 473 Å². The number of carbonyl (C=O) groups is 6. The van der Waals surface area contributed by atoms with Crippen LogP contribution < -0.4 is 37.1 Å². The minimum absolute atomic E-state index is 0.0198. The van der Waals surface area contributed by atoms with Crippen LogP contribution in [0.1, 0.15) is 112 Å². The molecular weight excluding hydrogens is 1040 g/mol. The van der Waals surface area contributed by atoms with Crippen molar-refractivity contribution in [2.75, 3.05) is 19.0 Å². The highest BCUT2D eigenvalue weighted by atomic mass is 35.5. The number of amides is 5. The molecule has 4 aromatic carbocycles. The van der Waals surface area contributed by atoms with Crippen molar-refractivity contribution in [3.8, 4) is 5.75 Å². The molecule has 0 radical (unpaired) electrons. The summed E-state index contributed by atoms with van der Waals surface area (Å²) in [6.45, 7) is 5.65. The third-order valence-corrected chi connectivity index (χ3v) is 16.6. The van der Waals surface area contributed by atoms with Crippen molar-refractivity contribution in [2.45, 2.75) is 129 Å². The Morgan fingerprint density at radius 2 is 1.33 bits per heavy atom. The molecule has 4 atom stereocenters. The molecule has 15 nitrogen and oxygen atoms in total. The molecular formula is C62H74Cl2N6O9. The molecule has 9 rings (SSSR count). The summed E-state index contributed by atoms with van der Waals surface area (Å²) in [5.74, 6) is -0.457. The number of carboxylic acids is 1. The molecule has 4 fully saturated rings. The molecule has 0 aromatic heterocycles. The number of benzene rings is 4. The van der Waals surface area contributed by atoms with Gasteiger partial charge in [-0.1, -0.05) is 91.6 Å². The van der Waals surface area contributed by atoms with Gasteiger partial charge in [-0.3, -0.25) is 24.0 Å². The molecule has 79 heavy (non-hydrogen) atoms. The number of carbonyl (C=O) groups excluding carboxylic acids is 5. The minimum atomic E-state index is -1.17. The molecule has 0 spiro atoms. The van der Waals surface area contributed by atoms with E-state index in [1.165, 1.54) is 25.0 Å². The summed E-state index contributed by atoms with van der Waals surface area (Å²) in [7, 11) is 1.68. The lowest BCUT2D eigenvalue weighted by Gasteiger charge is -2.51. The maximum atomic E-state index is 14.5. The molecule has 17 heteroatoms. The van der Waals surface area contributed by atoms with Gasteiger partial charge in [0.25, 0.3) is 0 Å². The van der Waals surface area contributed by atoms with Crippen LogP contribution in [0.5, 0.6) is 5.75 Å². The van der Waals surface area contributed by atoms with E-state index in [1.807, 2.05) is 44.2 Å². The number of nitrogens with two attached hydrogens (primary N) is 1. The van der Waals surface area contributed by atoms with Gasteiger partial charge in [-0.15, -0.1) is 0 Å². The van der Waals surface area contributed by atoms with E-state index < -0.39 is 53.8 Å². The van der Waals surface area contributed by atoms with Crippen molar-refractivity contribution in [2.24, 2.45) is 41.2 Å². The maximum Gasteiger partial charge on any atom is 0.328 e. The molecule has 4 saturated carbocycles. The zero-order valence-electron chi connectivity index (χ0n) is 45.5. The summed E-state index contributed by atoms with van der Waals surface area (Å²) in [4.78, 5) is 81.5. The fourth-order valence-corrected chi connectivity index (χ4v) is 12.9. The van der Waals surface area contributed by atoms with E-state index in [0.717, 1.165) is 66.0 Å². The second-order valence-corrected chi connectivity index (χ2v) is 23.1. The van der Waals surface area contributed by atoms with E-state index in [1.54, 1.807) is 61.7 Å². The zero-order valence-corrected chi connectivity index (χ0v) is 47.0. The average Bonchev–Trinajstić information content (AvgIpc) is 3.87. The summed E-state index contributed by atoms with van der Waals surface area (Å²) in [6.07, 6.45) is 11.2. The monoisotopic (exact) mass is 1120 g/mol. The summed E-state index contributed by atoms with van der Waals surface area (Å²) in [5.41, 5.74) is 12.5. The van der Waals surface area contributed by atoms with Crippen molar-refractivity contribution < 1.29 is 43.3 Å². The Morgan fingerprint density at radius 1 is 0.722 bits per heavy atom. The van der Waals surface area contributed by atoms with Crippen LogP contribution in [0.15, 0.2) is 96.6 Å². The number of ether oxygens (including phenoxy) is 2. The number of methoxy groups -OCH3 is 1. The summed E-state index contributed by atoms with van der Waals surface area (Å²) >= 11 is 13.4. The van der Waals surface area contributed by atoms with Gasteiger partial charge < -0.3 is 46.9 Å². The Balaban J connectivity index is 0.953. The highest BCUT2D eigenvalue weighted by Crippen LogP contribution is 2.58. The van der Waals surface area contributed by atoms with Crippen LogP contribution in [0, 0.1) is 35.5 Å². The molecule has 5 amide bonds. The number of fused-ring (bicyclic) bond motifs is 1. The third-order valence-electron chi connectivity index (χ3n) is 16.0. The van der Waals surface area contributed by atoms with Crippen LogP contribution >= 0.6 is 23.2 Å². The first kappa shape index (κ1) is 58.5. The topological polar surface area (TPSA) is 227 Å². The first-order valence-electron chi connectivity index (χ1n) is 27.7. The van der Waals surface area contributed by atoms with E-state index >= 15 is 0 Å². The van der Waals surface area contributed by atoms with Gasteiger partial charge in [-0.25, -0.2) is 4.79 Å². The van der Waals surface area contributed by atoms with Crippen LogP contribution in [-0.2, 0) is 59.4 Å². The number of rotatable bonds is 25. The predicted molar refractivity (Wildman–Crippen MR) is 307 cm³/mol. The Bertz CT molecular complexity index is 2870. The Morgan fingerprint density at radius 3 is 1.92 bits per heavy atom. The molecule has 5 aliphatic rings. The fraction of sp³-hybridized carbons (Fsp3) is 0.452. The van der Waals surface area contributed by atoms with Crippen LogP contribution in [0.2, 0.25) is 10.0 Å². The van der Waals surface area contributed by atoms with Crippen LogP contribution in [0.3, 0.4) is 0 Å². The van der Waals surface area contributed by atoms with Crippen molar-refractivity contribution in [3.05, 3.63) is 140 Å². The number of carboxylic acid groups (broad SMARTS) is 1. The van der Waals surface area contributed by atoms with E-state index in [4.69, 9.17) is 38.4 Å². The summed E-state index contributed by atoms with van der Waals surface area (Å²) in [5, 5.41) is 24.8. The molecule has 4 bridgehead atoms. The highest BCUT2D eigenvalue weighted by molar-refractivity contribution is 6.34. The minimum Gasteiger partial charge on any atom is -0.496 e. The van der Waals surface area contributed by atoms with Gasteiger partial charge in [-0.05, 0) is 177 Å². The Hall–Kier alpha value is -6.68. The fourth-order valence-electron chi connectivity index (χ4n) is 12.5. The normalized spacial score (nSPS) is 19.7. The second kappa shape index (κ2) is 27.0. The number of aliphatic carboxylic acids is 1. The van der Waals surface area contributed by atoms with E-state index in [2.05, 4.69) is 26.6 Å². The molecule has 0 saturated heterocycles. The van der Waals surface area contributed by atoms with Crippen molar-refractivity contribution >= 4 is 76.2 Å². The molecule has 0 heterocycles. The lowest BCUT2D eigenvalue weighted by Crippen LogP contribution is -2.59. The molecule has 0 aliphatic heterocycles. The number of allylic oxidation sites excluding steroid dienone is 1. The van der Waals surface area contributed by atoms with Crippen LogP contribution in [-0.4, -0.2) is 78.4 Å². The van der Waals surface area contributed by atoms with Crippen LogP contribution in [0.4, 0.5) is 5.69 Å². The largest absolute Gasteiger partial charge is 0.496 e. The van der Waals surface area contributed by atoms with Gasteiger partial charge in [0.1, 0.15) is 42.3 Å². The lowest BCUT2D eigenvalue weighted by atomic mass is 9.54. The van der Waals surface area contributed by atoms with E-state index in [-0.39, 0.29) is 43.6 Å². The van der Waals surface area contributed by atoms with E-state index in [9.17, 15) is 33.9 Å². The van der Waals surface area contributed by atoms with Gasteiger partial charge >= 0.3 is 5.97 Å². The van der Waals surface area contributed by atoms with Crippen molar-refractivity contribution in [3.63, 3.8) is 0 Å². The first-order chi connectivity index (χ1) is 38.0. The maximum absolute atomic E-state index is 14.5. The highest BCUT2D eigenvalue weighted by Gasteiger charge is 2.47. The third kappa shape index (κ3) is 15.2. The lowest BCUT2D eigenvalue weighted by molar-refractivity contribution is -0.134. The second-order valence-electron chi connectivity index (χ2n) is 22.3. The number of hydrogen-bond acceptors (Lipinski definition) is 9. The molecule has 8 N–H and O–H groups in total.